The molecule has 1 aliphatic carbocycles. The van der Waals surface area contributed by atoms with Gasteiger partial charge >= 0.3 is 0 Å². The molecule has 0 bridgehead atoms. The molecule has 114 valence electrons. The van der Waals surface area contributed by atoms with Gasteiger partial charge in [0.1, 0.15) is 18.2 Å². The van der Waals surface area contributed by atoms with E-state index in [-0.39, 0.29) is 6.10 Å². The third-order valence-corrected chi connectivity index (χ3v) is 3.89. The number of oxime groups is 1. The summed E-state index contributed by atoms with van der Waals surface area (Å²) in [6, 6.07) is 8.05. The van der Waals surface area contributed by atoms with Crippen molar-refractivity contribution in [3.63, 3.8) is 0 Å². The van der Waals surface area contributed by atoms with Crippen molar-refractivity contribution >= 4 is 11.5 Å². The minimum absolute atomic E-state index is 0.0150. The standard InChI is InChI=1S/C17H20N4O/c1-10(2)22-21-15-12-8-6-5-7-11(12)14-13(17(15,3)4)16(18)20-9-19-14/h5-10H,1-4H3,(H2,18,19,20). The first-order chi connectivity index (χ1) is 10.4. The molecule has 0 saturated heterocycles. The maximum atomic E-state index is 6.15. The van der Waals surface area contributed by atoms with Gasteiger partial charge < -0.3 is 10.6 Å². The molecular formula is C17H20N4O. The smallest absolute Gasteiger partial charge is 0.131 e. The van der Waals surface area contributed by atoms with Gasteiger partial charge in [0, 0.05) is 22.1 Å². The molecule has 22 heavy (non-hydrogen) atoms. The van der Waals surface area contributed by atoms with E-state index < -0.39 is 5.41 Å². The molecule has 1 heterocycles. The molecule has 3 rings (SSSR count). The largest absolute Gasteiger partial charge is 0.393 e. The van der Waals surface area contributed by atoms with Crippen LogP contribution in [0.15, 0.2) is 35.7 Å². The molecule has 1 aliphatic rings. The summed E-state index contributed by atoms with van der Waals surface area (Å²) in [5, 5.41) is 4.42. The Morgan fingerprint density at radius 1 is 1.14 bits per heavy atom. The van der Waals surface area contributed by atoms with Crippen LogP contribution in [-0.2, 0) is 10.3 Å². The van der Waals surface area contributed by atoms with Gasteiger partial charge in [0.15, 0.2) is 0 Å². The van der Waals surface area contributed by atoms with Crippen LogP contribution in [0.2, 0.25) is 0 Å². The predicted octanol–water partition coefficient (Wildman–Crippen LogP) is 3.15. The Bertz CT molecular complexity index is 750. The van der Waals surface area contributed by atoms with Crippen molar-refractivity contribution in [3.8, 4) is 11.3 Å². The summed E-state index contributed by atoms with van der Waals surface area (Å²) in [7, 11) is 0. The second-order valence-electron chi connectivity index (χ2n) is 6.25. The highest BCUT2D eigenvalue weighted by Gasteiger charge is 2.40. The van der Waals surface area contributed by atoms with Crippen molar-refractivity contribution in [2.24, 2.45) is 5.16 Å². The van der Waals surface area contributed by atoms with Crippen molar-refractivity contribution < 1.29 is 4.84 Å². The van der Waals surface area contributed by atoms with E-state index in [1.807, 2.05) is 38.1 Å². The molecule has 2 aromatic rings. The van der Waals surface area contributed by atoms with Crippen molar-refractivity contribution in [2.75, 3.05) is 5.73 Å². The highest BCUT2D eigenvalue weighted by atomic mass is 16.6. The second-order valence-corrected chi connectivity index (χ2v) is 6.25. The highest BCUT2D eigenvalue weighted by molar-refractivity contribution is 6.15. The Morgan fingerprint density at radius 3 is 2.50 bits per heavy atom. The second kappa shape index (κ2) is 5.09. The van der Waals surface area contributed by atoms with Gasteiger partial charge in [-0.25, -0.2) is 9.97 Å². The first kappa shape index (κ1) is 14.5. The summed E-state index contributed by atoms with van der Waals surface area (Å²) in [6.45, 7) is 8.06. The third kappa shape index (κ3) is 2.13. The maximum absolute atomic E-state index is 6.15. The zero-order chi connectivity index (χ0) is 15.9. The molecule has 0 spiro atoms. The van der Waals surface area contributed by atoms with Crippen LogP contribution >= 0.6 is 0 Å². The van der Waals surface area contributed by atoms with E-state index in [4.69, 9.17) is 10.6 Å². The lowest BCUT2D eigenvalue weighted by molar-refractivity contribution is 0.0847. The molecule has 0 amide bonds. The van der Waals surface area contributed by atoms with Crippen molar-refractivity contribution in [3.05, 3.63) is 41.7 Å². The number of benzene rings is 1. The number of nitrogen functional groups attached to an aromatic ring is 1. The summed E-state index contributed by atoms with van der Waals surface area (Å²) in [5.41, 5.74) is 10.4. The third-order valence-electron chi connectivity index (χ3n) is 3.89. The Morgan fingerprint density at radius 2 is 1.82 bits per heavy atom. The van der Waals surface area contributed by atoms with Crippen molar-refractivity contribution in [1.82, 2.24) is 9.97 Å². The predicted molar refractivity (Wildman–Crippen MR) is 87.7 cm³/mol. The van der Waals surface area contributed by atoms with Crippen LogP contribution < -0.4 is 5.73 Å². The fraction of sp³-hybridized carbons (Fsp3) is 0.353. The van der Waals surface area contributed by atoms with Gasteiger partial charge in [-0.1, -0.05) is 29.4 Å². The number of anilines is 1. The number of hydrogen-bond donors (Lipinski definition) is 1. The highest BCUT2D eigenvalue weighted by Crippen LogP contribution is 2.44. The lowest BCUT2D eigenvalue weighted by Gasteiger charge is -2.34. The van der Waals surface area contributed by atoms with E-state index in [9.17, 15) is 0 Å². The average Bonchev–Trinajstić information content (AvgIpc) is 2.46. The Hall–Kier alpha value is -2.43. The number of nitrogens with two attached hydrogens (primary N) is 1. The first-order valence-corrected chi connectivity index (χ1v) is 7.38. The minimum atomic E-state index is -0.427. The Balaban J connectivity index is 2.31. The molecule has 0 radical (unpaired) electrons. The SMILES string of the molecule is CC(C)ON=C1c2ccccc2-c2ncnc(N)c2C1(C)C. The first-order valence-electron chi connectivity index (χ1n) is 7.38. The number of hydrogen-bond acceptors (Lipinski definition) is 5. The number of nitrogens with zero attached hydrogens (tertiary/aromatic N) is 3. The van der Waals surface area contributed by atoms with Crippen molar-refractivity contribution in [2.45, 2.75) is 39.2 Å². The maximum Gasteiger partial charge on any atom is 0.131 e. The van der Waals surface area contributed by atoms with Gasteiger partial charge in [-0.05, 0) is 27.7 Å². The molecule has 0 aliphatic heterocycles. The lowest BCUT2D eigenvalue weighted by atomic mass is 9.70. The number of aromatic nitrogens is 2. The van der Waals surface area contributed by atoms with Gasteiger partial charge in [-0.3, -0.25) is 0 Å². The molecule has 0 fully saturated rings. The molecule has 5 heteroatoms. The van der Waals surface area contributed by atoms with Crippen LogP contribution in [0.3, 0.4) is 0 Å². The van der Waals surface area contributed by atoms with Gasteiger partial charge in [0.25, 0.3) is 0 Å². The monoisotopic (exact) mass is 296 g/mol. The normalized spacial score (nSPS) is 17.2. The van der Waals surface area contributed by atoms with Crippen molar-refractivity contribution in [1.29, 1.82) is 0 Å². The molecule has 5 nitrogen and oxygen atoms in total. The van der Waals surface area contributed by atoms with E-state index in [0.717, 1.165) is 28.1 Å². The van der Waals surface area contributed by atoms with Crippen LogP contribution in [-0.4, -0.2) is 21.8 Å². The quantitative estimate of drug-likeness (QED) is 0.864. The Labute approximate surface area is 130 Å². The lowest BCUT2D eigenvalue weighted by Crippen LogP contribution is -2.36. The molecule has 2 N–H and O–H groups in total. The van der Waals surface area contributed by atoms with E-state index >= 15 is 0 Å². The molecule has 0 unspecified atom stereocenters. The van der Waals surface area contributed by atoms with Crippen LogP contribution in [0, 0.1) is 0 Å². The topological polar surface area (TPSA) is 73.4 Å². The van der Waals surface area contributed by atoms with Crippen LogP contribution in [0.4, 0.5) is 5.82 Å². The van der Waals surface area contributed by atoms with Gasteiger partial charge in [0.05, 0.1) is 11.4 Å². The van der Waals surface area contributed by atoms with E-state index in [2.05, 4.69) is 29.0 Å². The van der Waals surface area contributed by atoms with Crippen LogP contribution in [0.5, 0.6) is 0 Å². The number of rotatable bonds is 2. The average molecular weight is 296 g/mol. The molecule has 0 saturated carbocycles. The van der Waals surface area contributed by atoms with E-state index in [1.54, 1.807) is 0 Å². The van der Waals surface area contributed by atoms with Gasteiger partial charge in [-0.15, -0.1) is 0 Å². The summed E-state index contributed by atoms with van der Waals surface area (Å²) in [5.74, 6) is 0.488. The van der Waals surface area contributed by atoms with E-state index in [0.29, 0.717) is 5.82 Å². The van der Waals surface area contributed by atoms with E-state index in [1.165, 1.54) is 6.33 Å². The molecular weight excluding hydrogens is 276 g/mol. The van der Waals surface area contributed by atoms with Gasteiger partial charge in [0.2, 0.25) is 0 Å². The zero-order valence-corrected chi connectivity index (χ0v) is 13.3. The van der Waals surface area contributed by atoms with Gasteiger partial charge in [-0.2, -0.15) is 0 Å². The fourth-order valence-corrected chi connectivity index (χ4v) is 2.89. The zero-order valence-electron chi connectivity index (χ0n) is 13.3. The number of fused-ring (bicyclic) bond motifs is 3. The molecule has 1 aromatic carbocycles. The van der Waals surface area contributed by atoms with Crippen LogP contribution in [0.25, 0.3) is 11.3 Å². The molecule has 1 aromatic heterocycles. The fourth-order valence-electron chi connectivity index (χ4n) is 2.89. The minimum Gasteiger partial charge on any atom is -0.393 e. The summed E-state index contributed by atoms with van der Waals surface area (Å²) in [4.78, 5) is 14.2. The molecule has 0 atom stereocenters. The summed E-state index contributed by atoms with van der Waals surface area (Å²) >= 11 is 0. The Kier molecular flexibility index (Phi) is 3.35. The summed E-state index contributed by atoms with van der Waals surface area (Å²) in [6.07, 6.45) is 1.52. The summed E-state index contributed by atoms with van der Waals surface area (Å²) < 4.78 is 0. The van der Waals surface area contributed by atoms with Crippen LogP contribution in [0.1, 0.15) is 38.8 Å².